The molecule has 136 valence electrons. The van der Waals surface area contributed by atoms with E-state index in [1.807, 2.05) is 0 Å². The van der Waals surface area contributed by atoms with Crippen molar-refractivity contribution in [3.63, 3.8) is 0 Å². The topological polar surface area (TPSA) is 78.0 Å². The fourth-order valence-corrected chi connectivity index (χ4v) is 3.18. The average molecular weight is 381 g/mol. The summed E-state index contributed by atoms with van der Waals surface area (Å²) in [5.74, 6) is 0. The molecule has 1 heterocycles. The lowest BCUT2D eigenvalue weighted by atomic mass is 10.1. The van der Waals surface area contributed by atoms with Gasteiger partial charge in [0.05, 0.1) is 16.3 Å². The molecule has 2 N–H and O–H groups in total. The van der Waals surface area contributed by atoms with E-state index in [2.05, 4.69) is 5.10 Å². The maximum absolute atomic E-state index is 13.3. The van der Waals surface area contributed by atoms with E-state index in [1.165, 1.54) is 31.2 Å². The second-order valence-corrected chi connectivity index (χ2v) is 7.20. The highest BCUT2D eigenvalue weighted by Gasteiger charge is 2.38. The minimum absolute atomic E-state index is 0.0146. The molecule has 0 aliphatic carbocycles. The zero-order valence-electron chi connectivity index (χ0n) is 13.5. The van der Waals surface area contributed by atoms with Crippen LogP contribution >= 0.6 is 0 Å². The molecule has 0 saturated carbocycles. The van der Waals surface area contributed by atoms with Crippen LogP contribution in [-0.4, -0.2) is 18.2 Å². The van der Waals surface area contributed by atoms with E-state index in [9.17, 15) is 21.6 Å². The lowest BCUT2D eigenvalue weighted by Gasteiger charge is -2.09. The van der Waals surface area contributed by atoms with Crippen molar-refractivity contribution in [1.82, 2.24) is 9.78 Å². The number of aromatic nitrogens is 2. The van der Waals surface area contributed by atoms with Gasteiger partial charge in [0.1, 0.15) is 0 Å². The predicted octanol–water partition coefficient (Wildman–Crippen LogP) is 3.51. The SMILES string of the molecule is Cc1c(C(F)(F)F)nn(-c2ccc(S(N)(=O)=O)cc2)c1-c1ccccc1. The van der Waals surface area contributed by atoms with Gasteiger partial charge in [-0.25, -0.2) is 18.2 Å². The van der Waals surface area contributed by atoms with Crippen molar-refractivity contribution in [1.29, 1.82) is 0 Å². The Kier molecular flexibility index (Phi) is 4.37. The molecule has 0 unspecified atom stereocenters. The zero-order valence-corrected chi connectivity index (χ0v) is 14.3. The van der Waals surface area contributed by atoms with Gasteiger partial charge in [0.2, 0.25) is 10.0 Å². The summed E-state index contributed by atoms with van der Waals surface area (Å²) in [6.45, 7) is 1.35. The predicted molar refractivity (Wildman–Crippen MR) is 90.1 cm³/mol. The van der Waals surface area contributed by atoms with E-state index in [4.69, 9.17) is 5.14 Å². The number of nitrogens with zero attached hydrogens (tertiary/aromatic N) is 2. The number of rotatable bonds is 3. The van der Waals surface area contributed by atoms with Crippen LogP contribution in [0.1, 0.15) is 11.3 Å². The van der Waals surface area contributed by atoms with E-state index in [-0.39, 0.29) is 21.8 Å². The molecule has 0 aliphatic rings. The molecule has 9 heteroatoms. The molecule has 0 fully saturated rings. The molecule has 0 bridgehead atoms. The molecule has 0 radical (unpaired) electrons. The van der Waals surface area contributed by atoms with E-state index >= 15 is 0 Å². The standard InChI is InChI=1S/C17H14F3N3O2S/c1-11-15(12-5-3-2-4-6-12)23(22-16(11)17(18,19)20)13-7-9-14(10-8-13)26(21,24)25/h2-10H,1H3,(H2,21,24,25). The Morgan fingerprint density at radius 1 is 1.00 bits per heavy atom. The van der Waals surface area contributed by atoms with Gasteiger partial charge in [0, 0.05) is 11.1 Å². The van der Waals surface area contributed by atoms with Crippen molar-refractivity contribution in [3.8, 4) is 16.9 Å². The minimum atomic E-state index is -4.61. The van der Waals surface area contributed by atoms with Crippen LogP contribution in [0.4, 0.5) is 13.2 Å². The van der Waals surface area contributed by atoms with Crippen LogP contribution in [0.2, 0.25) is 0 Å². The fourth-order valence-electron chi connectivity index (χ4n) is 2.66. The molecule has 0 amide bonds. The average Bonchev–Trinajstić information content (AvgIpc) is 2.92. The molecule has 1 aromatic heterocycles. The Balaban J connectivity index is 2.24. The quantitative estimate of drug-likeness (QED) is 0.754. The summed E-state index contributed by atoms with van der Waals surface area (Å²) in [5, 5.41) is 8.78. The van der Waals surface area contributed by atoms with Crippen molar-refractivity contribution >= 4 is 10.0 Å². The van der Waals surface area contributed by atoms with Crippen LogP contribution in [0.15, 0.2) is 59.5 Å². The summed E-state index contributed by atoms with van der Waals surface area (Å²) in [5.41, 5.74) is 0.116. The highest BCUT2D eigenvalue weighted by Crippen LogP contribution is 2.37. The third-order valence-electron chi connectivity index (χ3n) is 3.85. The first-order valence-electron chi connectivity index (χ1n) is 7.44. The van der Waals surface area contributed by atoms with Gasteiger partial charge in [-0.05, 0) is 31.2 Å². The zero-order chi connectivity index (χ0) is 19.1. The van der Waals surface area contributed by atoms with Crippen LogP contribution in [0.25, 0.3) is 16.9 Å². The lowest BCUT2D eigenvalue weighted by Crippen LogP contribution is -2.12. The van der Waals surface area contributed by atoms with Crippen molar-refractivity contribution in [2.75, 3.05) is 0 Å². The van der Waals surface area contributed by atoms with Gasteiger partial charge in [-0.2, -0.15) is 18.3 Å². The molecule has 26 heavy (non-hydrogen) atoms. The normalized spacial score (nSPS) is 12.3. The number of sulfonamides is 1. The molecule has 3 rings (SSSR count). The Bertz CT molecular complexity index is 1040. The van der Waals surface area contributed by atoms with Crippen molar-refractivity contribution < 1.29 is 21.6 Å². The number of nitrogens with two attached hydrogens (primary N) is 1. The molecule has 5 nitrogen and oxygen atoms in total. The molecule has 0 saturated heterocycles. The maximum atomic E-state index is 13.3. The first-order valence-corrected chi connectivity index (χ1v) is 8.99. The van der Waals surface area contributed by atoms with Crippen molar-refractivity contribution in [2.45, 2.75) is 18.0 Å². The number of hydrogen-bond acceptors (Lipinski definition) is 3. The fraction of sp³-hybridized carbons (Fsp3) is 0.118. The Morgan fingerprint density at radius 3 is 2.08 bits per heavy atom. The van der Waals surface area contributed by atoms with Crippen LogP contribution < -0.4 is 5.14 Å². The monoisotopic (exact) mass is 381 g/mol. The van der Waals surface area contributed by atoms with Crippen molar-refractivity contribution in [3.05, 3.63) is 65.9 Å². The van der Waals surface area contributed by atoms with Crippen LogP contribution in [0.3, 0.4) is 0 Å². The van der Waals surface area contributed by atoms with Crippen LogP contribution in [0, 0.1) is 6.92 Å². The van der Waals surface area contributed by atoms with Gasteiger partial charge in [0.15, 0.2) is 5.69 Å². The molecular weight excluding hydrogens is 367 g/mol. The summed E-state index contributed by atoms with van der Waals surface area (Å²) in [4.78, 5) is -0.137. The lowest BCUT2D eigenvalue weighted by molar-refractivity contribution is -0.141. The summed E-state index contributed by atoms with van der Waals surface area (Å²) in [7, 11) is -3.90. The number of benzene rings is 2. The van der Waals surface area contributed by atoms with Crippen LogP contribution in [0.5, 0.6) is 0 Å². The van der Waals surface area contributed by atoms with E-state index < -0.39 is 21.9 Å². The highest BCUT2D eigenvalue weighted by atomic mass is 32.2. The van der Waals surface area contributed by atoms with Gasteiger partial charge in [-0.3, -0.25) is 0 Å². The van der Waals surface area contributed by atoms with E-state index in [1.54, 1.807) is 30.3 Å². The van der Waals surface area contributed by atoms with Gasteiger partial charge >= 0.3 is 6.18 Å². The summed E-state index contributed by atoms with van der Waals surface area (Å²) >= 11 is 0. The first kappa shape index (κ1) is 18.2. The van der Waals surface area contributed by atoms with Gasteiger partial charge < -0.3 is 0 Å². The Morgan fingerprint density at radius 2 is 1.58 bits per heavy atom. The highest BCUT2D eigenvalue weighted by molar-refractivity contribution is 7.89. The molecule has 2 aromatic carbocycles. The number of halogens is 3. The second-order valence-electron chi connectivity index (χ2n) is 5.64. The van der Waals surface area contributed by atoms with Gasteiger partial charge in [0.25, 0.3) is 0 Å². The largest absolute Gasteiger partial charge is 0.435 e. The van der Waals surface area contributed by atoms with Crippen molar-refractivity contribution in [2.24, 2.45) is 5.14 Å². The maximum Gasteiger partial charge on any atom is 0.435 e. The number of hydrogen-bond donors (Lipinski definition) is 1. The van der Waals surface area contributed by atoms with Gasteiger partial charge in [-0.1, -0.05) is 30.3 Å². The Hall–Kier alpha value is -2.65. The van der Waals surface area contributed by atoms with E-state index in [0.29, 0.717) is 5.56 Å². The Labute approximate surface area is 147 Å². The second kappa shape index (κ2) is 6.26. The molecule has 0 spiro atoms. The van der Waals surface area contributed by atoms with E-state index in [0.717, 1.165) is 4.68 Å². The summed E-state index contributed by atoms with van der Waals surface area (Å²) in [6, 6.07) is 13.7. The molecular formula is C17H14F3N3O2S. The smallest absolute Gasteiger partial charge is 0.232 e. The van der Waals surface area contributed by atoms with Gasteiger partial charge in [-0.15, -0.1) is 0 Å². The molecule has 3 aromatic rings. The molecule has 0 atom stereocenters. The first-order chi connectivity index (χ1) is 12.1. The number of alkyl halides is 3. The third kappa shape index (κ3) is 3.35. The number of primary sulfonamides is 1. The third-order valence-corrected chi connectivity index (χ3v) is 4.78. The van der Waals surface area contributed by atoms with Crippen LogP contribution in [-0.2, 0) is 16.2 Å². The minimum Gasteiger partial charge on any atom is -0.232 e. The molecule has 0 aliphatic heterocycles. The summed E-state index contributed by atoms with van der Waals surface area (Å²) < 4.78 is 63.9. The summed E-state index contributed by atoms with van der Waals surface area (Å²) in [6.07, 6.45) is -4.61.